The van der Waals surface area contributed by atoms with Crippen LogP contribution in [0.3, 0.4) is 0 Å². The van der Waals surface area contributed by atoms with Gasteiger partial charge in [0.1, 0.15) is 6.33 Å². The minimum absolute atomic E-state index is 0.127. The SMILES string of the molecule is CCOC(=O)c1cccc(Nc2ncnc(NNC(=O)c3ccc(C)cc3)c2[N+](=O)[O-])c1. The highest BCUT2D eigenvalue weighted by molar-refractivity contribution is 5.95. The molecule has 0 atom stereocenters. The number of esters is 1. The highest BCUT2D eigenvalue weighted by atomic mass is 16.6. The molecule has 11 heteroatoms. The summed E-state index contributed by atoms with van der Waals surface area (Å²) in [4.78, 5) is 43.0. The molecular weight excluding hydrogens is 416 g/mol. The first-order chi connectivity index (χ1) is 15.4. The van der Waals surface area contributed by atoms with Crippen molar-refractivity contribution in [2.75, 3.05) is 17.3 Å². The second-order valence-corrected chi connectivity index (χ2v) is 6.55. The summed E-state index contributed by atoms with van der Waals surface area (Å²) in [5.74, 6) is -1.35. The lowest BCUT2D eigenvalue weighted by atomic mass is 10.1. The maximum absolute atomic E-state index is 12.3. The first-order valence-corrected chi connectivity index (χ1v) is 9.55. The molecule has 1 heterocycles. The normalized spacial score (nSPS) is 10.2. The van der Waals surface area contributed by atoms with Gasteiger partial charge in [0.25, 0.3) is 5.91 Å². The van der Waals surface area contributed by atoms with E-state index in [0.717, 1.165) is 11.9 Å². The van der Waals surface area contributed by atoms with Gasteiger partial charge in [0.15, 0.2) is 0 Å². The van der Waals surface area contributed by atoms with Gasteiger partial charge in [-0.25, -0.2) is 14.8 Å². The van der Waals surface area contributed by atoms with Crippen LogP contribution in [0, 0.1) is 17.0 Å². The molecule has 3 aromatic rings. The summed E-state index contributed by atoms with van der Waals surface area (Å²) in [6, 6.07) is 13.1. The number of carbonyl (C=O) groups excluding carboxylic acids is 2. The molecule has 0 fully saturated rings. The van der Waals surface area contributed by atoms with Crippen LogP contribution in [-0.4, -0.2) is 33.4 Å². The molecule has 0 unspecified atom stereocenters. The van der Waals surface area contributed by atoms with E-state index in [1.165, 1.54) is 6.07 Å². The molecular formula is C21H20N6O5. The molecule has 3 N–H and O–H groups in total. The van der Waals surface area contributed by atoms with Gasteiger partial charge in [-0.15, -0.1) is 0 Å². The van der Waals surface area contributed by atoms with Gasteiger partial charge in [-0.1, -0.05) is 23.8 Å². The molecule has 32 heavy (non-hydrogen) atoms. The largest absolute Gasteiger partial charge is 0.462 e. The quantitative estimate of drug-likeness (QED) is 0.274. The smallest absolute Gasteiger partial charge is 0.355 e. The summed E-state index contributed by atoms with van der Waals surface area (Å²) in [5.41, 5.74) is 6.39. The van der Waals surface area contributed by atoms with Gasteiger partial charge < -0.3 is 10.1 Å². The van der Waals surface area contributed by atoms with Crippen LogP contribution in [0.15, 0.2) is 54.9 Å². The van der Waals surface area contributed by atoms with Gasteiger partial charge in [-0.3, -0.25) is 25.8 Å². The van der Waals surface area contributed by atoms with E-state index in [0.29, 0.717) is 11.3 Å². The summed E-state index contributed by atoms with van der Waals surface area (Å²) >= 11 is 0. The fourth-order valence-electron chi connectivity index (χ4n) is 2.70. The average Bonchev–Trinajstić information content (AvgIpc) is 2.78. The third-order valence-corrected chi connectivity index (χ3v) is 4.25. The van der Waals surface area contributed by atoms with Gasteiger partial charge in [0.2, 0.25) is 11.6 Å². The average molecular weight is 436 g/mol. The zero-order chi connectivity index (χ0) is 23.1. The van der Waals surface area contributed by atoms with E-state index >= 15 is 0 Å². The number of aryl methyl sites for hydroxylation is 1. The van der Waals surface area contributed by atoms with Gasteiger partial charge in [-0.05, 0) is 44.2 Å². The van der Waals surface area contributed by atoms with E-state index in [1.807, 2.05) is 6.92 Å². The van der Waals surface area contributed by atoms with Crippen molar-refractivity contribution in [3.8, 4) is 0 Å². The monoisotopic (exact) mass is 436 g/mol. The third kappa shape index (κ3) is 5.33. The first-order valence-electron chi connectivity index (χ1n) is 9.55. The topological polar surface area (TPSA) is 148 Å². The third-order valence-electron chi connectivity index (χ3n) is 4.25. The van der Waals surface area contributed by atoms with Crippen molar-refractivity contribution in [3.05, 3.63) is 81.7 Å². The van der Waals surface area contributed by atoms with Crippen molar-refractivity contribution >= 4 is 34.9 Å². The maximum Gasteiger partial charge on any atom is 0.355 e. The number of aromatic nitrogens is 2. The van der Waals surface area contributed by atoms with Gasteiger partial charge >= 0.3 is 11.7 Å². The van der Waals surface area contributed by atoms with E-state index in [1.54, 1.807) is 49.4 Å². The lowest BCUT2D eigenvalue weighted by Gasteiger charge is -2.11. The molecule has 0 aliphatic rings. The van der Waals surface area contributed by atoms with Crippen LogP contribution in [0.4, 0.5) is 23.0 Å². The van der Waals surface area contributed by atoms with E-state index < -0.39 is 22.5 Å². The minimum Gasteiger partial charge on any atom is -0.462 e. The van der Waals surface area contributed by atoms with Gasteiger partial charge in [-0.2, -0.15) is 0 Å². The van der Waals surface area contributed by atoms with E-state index in [2.05, 4.69) is 26.1 Å². The number of hydrogen-bond acceptors (Lipinski definition) is 9. The van der Waals surface area contributed by atoms with Crippen molar-refractivity contribution in [1.29, 1.82) is 0 Å². The molecule has 164 valence electrons. The van der Waals surface area contributed by atoms with Crippen molar-refractivity contribution < 1.29 is 19.2 Å². The summed E-state index contributed by atoms with van der Waals surface area (Å²) in [7, 11) is 0. The predicted octanol–water partition coefficient (Wildman–Crippen LogP) is 3.37. The highest BCUT2D eigenvalue weighted by Gasteiger charge is 2.24. The fraction of sp³-hybridized carbons (Fsp3) is 0.143. The van der Waals surface area contributed by atoms with Crippen LogP contribution < -0.4 is 16.2 Å². The van der Waals surface area contributed by atoms with Crippen LogP contribution in [0.5, 0.6) is 0 Å². The number of hydrazine groups is 1. The number of carbonyl (C=O) groups is 2. The first kappa shape index (κ1) is 22.2. The molecule has 0 spiro atoms. The Balaban J connectivity index is 1.81. The lowest BCUT2D eigenvalue weighted by molar-refractivity contribution is -0.383. The molecule has 0 saturated carbocycles. The van der Waals surface area contributed by atoms with Crippen molar-refractivity contribution in [2.45, 2.75) is 13.8 Å². The van der Waals surface area contributed by atoms with E-state index in [4.69, 9.17) is 4.74 Å². The number of amides is 1. The van der Waals surface area contributed by atoms with Crippen LogP contribution in [0.25, 0.3) is 0 Å². The highest BCUT2D eigenvalue weighted by Crippen LogP contribution is 2.31. The summed E-state index contributed by atoms with van der Waals surface area (Å²) in [6.07, 6.45) is 1.10. The summed E-state index contributed by atoms with van der Waals surface area (Å²) in [6.45, 7) is 3.80. The molecule has 0 bridgehead atoms. The Hall–Kier alpha value is -4.54. The molecule has 0 aliphatic carbocycles. The van der Waals surface area contributed by atoms with Gasteiger partial charge in [0, 0.05) is 11.3 Å². The van der Waals surface area contributed by atoms with Crippen LogP contribution in [-0.2, 0) is 4.74 Å². The lowest BCUT2D eigenvalue weighted by Crippen LogP contribution is -2.30. The fourth-order valence-corrected chi connectivity index (χ4v) is 2.70. The number of hydrogen-bond donors (Lipinski definition) is 3. The summed E-state index contributed by atoms with van der Waals surface area (Å²) < 4.78 is 4.96. The Kier molecular flexibility index (Phi) is 6.91. The minimum atomic E-state index is -0.683. The molecule has 1 amide bonds. The van der Waals surface area contributed by atoms with Gasteiger partial charge in [0.05, 0.1) is 17.1 Å². The number of benzene rings is 2. The molecule has 0 saturated heterocycles. The molecule has 1 aromatic heterocycles. The number of nitrogens with zero attached hydrogens (tertiary/aromatic N) is 3. The number of rotatable bonds is 8. The maximum atomic E-state index is 12.3. The Morgan fingerprint density at radius 1 is 1.06 bits per heavy atom. The number of anilines is 3. The Bertz CT molecular complexity index is 1150. The second-order valence-electron chi connectivity index (χ2n) is 6.55. The number of nitrogens with one attached hydrogen (secondary N) is 3. The Labute approximate surface area is 183 Å². The molecule has 2 aromatic carbocycles. The summed E-state index contributed by atoms with van der Waals surface area (Å²) in [5, 5.41) is 14.5. The van der Waals surface area contributed by atoms with Crippen molar-refractivity contribution in [3.63, 3.8) is 0 Å². The second kappa shape index (κ2) is 9.98. The van der Waals surface area contributed by atoms with E-state index in [-0.39, 0.29) is 23.8 Å². The zero-order valence-electron chi connectivity index (χ0n) is 17.3. The number of nitro groups is 1. The van der Waals surface area contributed by atoms with Crippen LogP contribution >= 0.6 is 0 Å². The molecule has 0 aliphatic heterocycles. The number of ether oxygens (including phenoxy) is 1. The van der Waals surface area contributed by atoms with E-state index in [9.17, 15) is 19.7 Å². The standard InChI is InChI=1S/C21H20N6O5/c1-3-32-21(29)15-5-4-6-16(11-15)24-18-17(27(30)31)19(23-12-22-18)25-26-20(28)14-9-7-13(2)8-10-14/h4-12H,3H2,1-2H3,(H,26,28)(H2,22,23,24,25). The molecule has 3 rings (SSSR count). The van der Waals surface area contributed by atoms with Crippen molar-refractivity contribution in [1.82, 2.24) is 15.4 Å². The molecule has 0 radical (unpaired) electrons. The zero-order valence-corrected chi connectivity index (χ0v) is 17.3. The molecule has 11 nitrogen and oxygen atoms in total. The van der Waals surface area contributed by atoms with Crippen molar-refractivity contribution in [2.24, 2.45) is 0 Å². The Morgan fingerprint density at radius 2 is 1.78 bits per heavy atom. The Morgan fingerprint density at radius 3 is 2.47 bits per heavy atom. The predicted molar refractivity (Wildman–Crippen MR) is 117 cm³/mol. The van der Waals surface area contributed by atoms with Crippen LogP contribution in [0.2, 0.25) is 0 Å². The van der Waals surface area contributed by atoms with Crippen LogP contribution in [0.1, 0.15) is 33.2 Å².